The number of nitrogens with two attached hydrogens (primary N) is 2. The van der Waals surface area contributed by atoms with Crippen molar-refractivity contribution < 1.29 is 19.5 Å². The summed E-state index contributed by atoms with van der Waals surface area (Å²) in [5, 5.41) is 11.0. The van der Waals surface area contributed by atoms with E-state index in [0.29, 0.717) is 0 Å². The number of benzene rings is 1. The molecular formula is C13H16BrN3O4. The van der Waals surface area contributed by atoms with Crippen LogP contribution in [0.3, 0.4) is 0 Å². The van der Waals surface area contributed by atoms with E-state index >= 15 is 0 Å². The van der Waals surface area contributed by atoms with Crippen molar-refractivity contribution in [1.29, 1.82) is 0 Å². The van der Waals surface area contributed by atoms with Gasteiger partial charge in [-0.1, -0.05) is 28.1 Å². The van der Waals surface area contributed by atoms with Gasteiger partial charge in [-0.3, -0.25) is 14.4 Å². The number of carbonyl (C=O) groups is 3. The number of primary amides is 1. The zero-order chi connectivity index (χ0) is 16.0. The summed E-state index contributed by atoms with van der Waals surface area (Å²) in [6.07, 6.45) is -0.325. The highest BCUT2D eigenvalue weighted by Gasteiger charge is 2.23. The molecule has 0 radical (unpaired) electrons. The Morgan fingerprint density at radius 2 is 2.00 bits per heavy atom. The highest BCUT2D eigenvalue weighted by Crippen LogP contribution is 2.13. The van der Waals surface area contributed by atoms with Crippen LogP contribution in [0.1, 0.15) is 12.0 Å². The Morgan fingerprint density at radius 1 is 1.33 bits per heavy atom. The van der Waals surface area contributed by atoms with Gasteiger partial charge in [-0.2, -0.15) is 0 Å². The minimum Gasteiger partial charge on any atom is -0.481 e. The van der Waals surface area contributed by atoms with E-state index in [-0.39, 0.29) is 6.42 Å². The number of carboxylic acid groups (broad SMARTS) is 1. The molecule has 0 aromatic heterocycles. The van der Waals surface area contributed by atoms with Crippen molar-refractivity contribution in [3.8, 4) is 0 Å². The molecule has 0 spiro atoms. The van der Waals surface area contributed by atoms with Gasteiger partial charge in [0.25, 0.3) is 0 Å². The topological polar surface area (TPSA) is 136 Å². The summed E-state index contributed by atoms with van der Waals surface area (Å²) in [5.41, 5.74) is 11.5. The number of carbonyl (C=O) groups excluding carboxylic acids is 2. The lowest BCUT2D eigenvalue weighted by atomic mass is 10.0. The minimum atomic E-state index is -1.23. The second-order valence-electron chi connectivity index (χ2n) is 4.50. The molecular weight excluding hydrogens is 342 g/mol. The largest absolute Gasteiger partial charge is 0.481 e. The maximum absolute atomic E-state index is 11.7. The summed E-state index contributed by atoms with van der Waals surface area (Å²) in [7, 11) is 0. The Labute approximate surface area is 129 Å². The molecule has 1 rings (SSSR count). The first-order valence-electron chi connectivity index (χ1n) is 6.11. The van der Waals surface area contributed by atoms with Crippen molar-refractivity contribution in [3.05, 3.63) is 34.3 Å². The first kappa shape index (κ1) is 17.1. The van der Waals surface area contributed by atoms with Crippen LogP contribution in [0.25, 0.3) is 0 Å². The third-order valence-corrected chi connectivity index (χ3v) is 3.21. The lowest BCUT2D eigenvalue weighted by Crippen LogP contribution is -2.51. The van der Waals surface area contributed by atoms with Crippen LogP contribution in [-0.2, 0) is 20.8 Å². The van der Waals surface area contributed by atoms with E-state index in [2.05, 4.69) is 21.2 Å². The molecule has 114 valence electrons. The fraction of sp³-hybridized carbons (Fsp3) is 0.308. The van der Waals surface area contributed by atoms with Gasteiger partial charge in [0, 0.05) is 10.9 Å². The molecule has 0 fully saturated rings. The number of hydrogen-bond acceptors (Lipinski definition) is 4. The summed E-state index contributed by atoms with van der Waals surface area (Å²) < 4.78 is 0.831. The summed E-state index contributed by atoms with van der Waals surface area (Å²) in [6, 6.07) is 5.00. The van der Waals surface area contributed by atoms with Crippen molar-refractivity contribution in [2.75, 3.05) is 0 Å². The van der Waals surface area contributed by atoms with E-state index in [4.69, 9.17) is 16.6 Å². The van der Waals surface area contributed by atoms with Gasteiger partial charge in [0.15, 0.2) is 0 Å². The SMILES string of the molecule is NC(=O)[C@H](Cc1cccc(Br)c1)NC(=O)[C@@H](N)CC(=O)O. The van der Waals surface area contributed by atoms with E-state index in [1.165, 1.54) is 0 Å². The predicted octanol–water partition coefficient (Wildman–Crippen LogP) is -0.236. The van der Waals surface area contributed by atoms with E-state index in [0.717, 1.165) is 10.0 Å². The summed E-state index contributed by atoms with van der Waals surface area (Å²) in [6.45, 7) is 0. The standard InChI is InChI=1S/C13H16BrN3O4/c14-8-3-1-2-7(4-8)5-10(12(16)20)17-13(21)9(15)6-11(18)19/h1-4,9-10H,5-6,15H2,(H2,16,20)(H,17,21)(H,18,19)/t9-,10-/m0/s1. The van der Waals surface area contributed by atoms with Gasteiger partial charge in [0.1, 0.15) is 6.04 Å². The number of aliphatic carboxylic acids is 1. The Balaban J connectivity index is 2.72. The Morgan fingerprint density at radius 3 is 2.52 bits per heavy atom. The van der Waals surface area contributed by atoms with Crippen LogP contribution in [0.5, 0.6) is 0 Å². The second-order valence-corrected chi connectivity index (χ2v) is 5.42. The van der Waals surface area contributed by atoms with Crippen molar-refractivity contribution >= 4 is 33.7 Å². The number of nitrogens with one attached hydrogen (secondary N) is 1. The molecule has 0 saturated heterocycles. The quantitative estimate of drug-likeness (QED) is 0.534. The average molecular weight is 358 g/mol. The number of hydrogen-bond donors (Lipinski definition) is 4. The molecule has 0 aliphatic carbocycles. The van der Waals surface area contributed by atoms with Crippen molar-refractivity contribution in [2.45, 2.75) is 24.9 Å². The van der Waals surface area contributed by atoms with Crippen LogP contribution in [0.2, 0.25) is 0 Å². The van der Waals surface area contributed by atoms with Crippen LogP contribution < -0.4 is 16.8 Å². The van der Waals surface area contributed by atoms with Crippen LogP contribution in [-0.4, -0.2) is 35.0 Å². The van der Waals surface area contributed by atoms with Gasteiger partial charge in [0.05, 0.1) is 12.5 Å². The molecule has 1 aromatic rings. The highest BCUT2D eigenvalue weighted by atomic mass is 79.9. The number of carboxylic acids is 1. The number of halogens is 1. The third-order valence-electron chi connectivity index (χ3n) is 2.72. The second kappa shape index (κ2) is 7.75. The molecule has 0 saturated carbocycles. The molecule has 6 N–H and O–H groups in total. The molecule has 7 nitrogen and oxygen atoms in total. The van der Waals surface area contributed by atoms with Crippen molar-refractivity contribution in [1.82, 2.24) is 5.32 Å². The van der Waals surface area contributed by atoms with Gasteiger partial charge in [0.2, 0.25) is 11.8 Å². The lowest BCUT2D eigenvalue weighted by molar-refractivity contribution is -0.139. The number of rotatable bonds is 7. The fourth-order valence-electron chi connectivity index (χ4n) is 1.68. The molecule has 0 heterocycles. The molecule has 2 amide bonds. The first-order chi connectivity index (χ1) is 9.79. The molecule has 2 atom stereocenters. The van der Waals surface area contributed by atoms with E-state index in [1.54, 1.807) is 18.2 Å². The average Bonchev–Trinajstić information content (AvgIpc) is 2.36. The van der Waals surface area contributed by atoms with Gasteiger partial charge in [-0.25, -0.2) is 0 Å². The smallest absolute Gasteiger partial charge is 0.305 e. The minimum absolute atomic E-state index is 0.195. The van der Waals surface area contributed by atoms with Crippen LogP contribution in [0, 0.1) is 0 Å². The zero-order valence-electron chi connectivity index (χ0n) is 11.1. The predicted molar refractivity (Wildman–Crippen MR) is 79.2 cm³/mol. The van der Waals surface area contributed by atoms with Gasteiger partial charge in [-0.15, -0.1) is 0 Å². The number of amides is 2. The fourth-order valence-corrected chi connectivity index (χ4v) is 2.13. The Bertz CT molecular complexity index is 550. The summed E-state index contributed by atoms with van der Waals surface area (Å²) >= 11 is 3.30. The highest BCUT2D eigenvalue weighted by molar-refractivity contribution is 9.10. The van der Waals surface area contributed by atoms with Gasteiger partial charge in [-0.05, 0) is 17.7 Å². The van der Waals surface area contributed by atoms with E-state index in [1.807, 2.05) is 6.07 Å². The molecule has 0 aliphatic heterocycles. The first-order valence-corrected chi connectivity index (χ1v) is 6.90. The van der Waals surface area contributed by atoms with Crippen LogP contribution >= 0.6 is 15.9 Å². The normalized spacial score (nSPS) is 13.2. The van der Waals surface area contributed by atoms with Crippen LogP contribution in [0.15, 0.2) is 28.7 Å². The van der Waals surface area contributed by atoms with Crippen molar-refractivity contribution in [2.24, 2.45) is 11.5 Å². The molecule has 8 heteroatoms. The van der Waals surface area contributed by atoms with E-state index < -0.39 is 36.3 Å². The summed E-state index contributed by atoms with van der Waals surface area (Å²) in [5.74, 6) is -2.64. The molecule has 0 aliphatic rings. The van der Waals surface area contributed by atoms with Crippen molar-refractivity contribution in [3.63, 3.8) is 0 Å². The maximum Gasteiger partial charge on any atom is 0.305 e. The molecule has 1 aromatic carbocycles. The zero-order valence-corrected chi connectivity index (χ0v) is 12.7. The van der Waals surface area contributed by atoms with Crippen LogP contribution in [0.4, 0.5) is 0 Å². The summed E-state index contributed by atoms with van der Waals surface area (Å²) in [4.78, 5) is 33.6. The van der Waals surface area contributed by atoms with E-state index in [9.17, 15) is 14.4 Å². The monoisotopic (exact) mass is 357 g/mol. The lowest BCUT2D eigenvalue weighted by Gasteiger charge is -2.18. The Hall–Kier alpha value is -1.93. The third kappa shape index (κ3) is 5.92. The molecule has 0 unspecified atom stereocenters. The van der Waals surface area contributed by atoms with Gasteiger partial charge < -0.3 is 21.9 Å². The van der Waals surface area contributed by atoms with Gasteiger partial charge >= 0.3 is 5.97 Å². The maximum atomic E-state index is 11.7. The molecule has 0 bridgehead atoms. The Kier molecular flexibility index (Phi) is 6.32. The molecule has 21 heavy (non-hydrogen) atoms.